The number of hydrogen-bond donors (Lipinski definition) is 1. The van der Waals surface area contributed by atoms with Crippen molar-refractivity contribution in [1.82, 2.24) is 9.78 Å². The van der Waals surface area contributed by atoms with E-state index in [0.29, 0.717) is 0 Å². The summed E-state index contributed by atoms with van der Waals surface area (Å²) in [5.41, 5.74) is 2.23. The first kappa shape index (κ1) is 12.8. The summed E-state index contributed by atoms with van der Waals surface area (Å²) in [6, 6.07) is 3.54. The van der Waals surface area contributed by atoms with Crippen molar-refractivity contribution in [3.05, 3.63) is 41.1 Å². The molecule has 1 saturated heterocycles. The van der Waals surface area contributed by atoms with E-state index in [1.165, 1.54) is 16.8 Å². The Bertz CT molecular complexity index is 692. The summed E-state index contributed by atoms with van der Waals surface area (Å²) < 4.78 is 34.4. The summed E-state index contributed by atoms with van der Waals surface area (Å²) in [5.74, 6) is -0.411. The van der Waals surface area contributed by atoms with E-state index in [4.69, 9.17) is 4.74 Å². The normalized spacial score (nSPS) is 20.6. The molecule has 2 aliphatic heterocycles. The number of aromatic nitrogens is 2. The Hall–Kier alpha value is -1.95. The first-order valence-corrected chi connectivity index (χ1v) is 7.17. The van der Waals surface area contributed by atoms with Crippen molar-refractivity contribution in [3.8, 4) is 5.69 Å². The van der Waals surface area contributed by atoms with E-state index < -0.39 is 11.6 Å². The number of ether oxygens (including phenoxy) is 1. The van der Waals surface area contributed by atoms with E-state index in [0.717, 1.165) is 55.6 Å². The van der Waals surface area contributed by atoms with Crippen molar-refractivity contribution < 1.29 is 13.5 Å². The lowest BCUT2D eigenvalue weighted by Crippen LogP contribution is -2.08. The van der Waals surface area contributed by atoms with E-state index >= 15 is 0 Å². The third-order valence-electron chi connectivity index (χ3n) is 4.05. The standard InChI is InChI=1S/C15H15F2N3O/c16-9-3-4-12(11(17)8-9)20-15-10(5-6-18-15)14(19-20)13-2-1-7-21-13/h3-4,8,13,18H,1-2,5-7H2. The van der Waals surface area contributed by atoms with Gasteiger partial charge in [-0.15, -0.1) is 0 Å². The molecule has 1 aromatic heterocycles. The highest BCUT2D eigenvalue weighted by molar-refractivity contribution is 5.57. The summed E-state index contributed by atoms with van der Waals surface area (Å²) in [5, 5.41) is 7.78. The van der Waals surface area contributed by atoms with Crippen molar-refractivity contribution in [1.29, 1.82) is 0 Å². The quantitative estimate of drug-likeness (QED) is 0.924. The average Bonchev–Trinajstić information content (AvgIpc) is 3.15. The minimum Gasteiger partial charge on any atom is -0.372 e. The molecular formula is C15H15F2N3O. The van der Waals surface area contributed by atoms with Gasteiger partial charge >= 0.3 is 0 Å². The van der Waals surface area contributed by atoms with Gasteiger partial charge in [0.2, 0.25) is 0 Å². The Kier molecular flexibility index (Phi) is 2.92. The second-order valence-corrected chi connectivity index (χ2v) is 5.40. The fourth-order valence-electron chi connectivity index (χ4n) is 3.08. The van der Waals surface area contributed by atoms with Crippen molar-refractivity contribution in [3.63, 3.8) is 0 Å². The molecule has 1 aromatic carbocycles. The Labute approximate surface area is 120 Å². The molecule has 21 heavy (non-hydrogen) atoms. The van der Waals surface area contributed by atoms with Crippen LogP contribution in [0.4, 0.5) is 14.6 Å². The third kappa shape index (κ3) is 2.01. The Morgan fingerprint density at radius 2 is 2.24 bits per heavy atom. The highest BCUT2D eigenvalue weighted by Gasteiger charge is 2.30. The van der Waals surface area contributed by atoms with Gasteiger partial charge < -0.3 is 10.1 Å². The first-order chi connectivity index (χ1) is 10.2. The number of hydrogen-bond acceptors (Lipinski definition) is 3. The van der Waals surface area contributed by atoms with Gasteiger partial charge in [0.1, 0.15) is 23.4 Å². The predicted octanol–water partition coefficient (Wildman–Crippen LogP) is 2.97. The lowest BCUT2D eigenvalue weighted by molar-refractivity contribution is 0.107. The third-order valence-corrected chi connectivity index (χ3v) is 4.05. The molecule has 4 rings (SSSR count). The number of nitrogens with zero attached hydrogens (tertiary/aromatic N) is 2. The number of fused-ring (bicyclic) bond motifs is 1. The van der Waals surface area contributed by atoms with Crippen LogP contribution < -0.4 is 5.32 Å². The largest absolute Gasteiger partial charge is 0.372 e. The lowest BCUT2D eigenvalue weighted by Gasteiger charge is -2.09. The molecule has 4 nitrogen and oxygen atoms in total. The summed E-state index contributed by atoms with van der Waals surface area (Å²) in [6.07, 6.45) is 2.80. The van der Waals surface area contributed by atoms with Gasteiger partial charge in [-0.25, -0.2) is 13.5 Å². The van der Waals surface area contributed by atoms with Gasteiger partial charge in [-0.3, -0.25) is 0 Å². The zero-order valence-electron chi connectivity index (χ0n) is 11.4. The lowest BCUT2D eigenvalue weighted by atomic mass is 10.1. The maximum atomic E-state index is 14.0. The van der Waals surface area contributed by atoms with E-state index in [9.17, 15) is 8.78 Å². The molecule has 2 aromatic rings. The summed E-state index contributed by atoms with van der Waals surface area (Å²) in [7, 11) is 0. The smallest absolute Gasteiger partial charge is 0.151 e. The SMILES string of the molecule is Fc1ccc(-n2nc(C3CCCO3)c3c2NCC3)c(F)c1. The number of benzene rings is 1. The summed E-state index contributed by atoms with van der Waals surface area (Å²) in [4.78, 5) is 0. The Balaban J connectivity index is 1.84. The number of nitrogens with one attached hydrogen (secondary N) is 1. The summed E-state index contributed by atoms with van der Waals surface area (Å²) >= 11 is 0. The number of halogens is 2. The van der Waals surface area contributed by atoms with Crippen LogP contribution in [0.2, 0.25) is 0 Å². The topological polar surface area (TPSA) is 39.1 Å². The molecule has 1 atom stereocenters. The van der Waals surface area contributed by atoms with E-state index in [2.05, 4.69) is 10.4 Å². The van der Waals surface area contributed by atoms with Crippen molar-refractivity contribution in [2.24, 2.45) is 0 Å². The molecule has 0 radical (unpaired) electrons. The van der Waals surface area contributed by atoms with Crippen molar-refractivity contribution in [2.75, 3.05) is 18.5 Å². The fourth-order valence-corrected chi connectivity index (χ4v) is 3.08. The molecule has 1 fully saturated rings. The van der Waals surface area contributed by atoms with Crippen molar-refractivity contribution >= 4 is 5.82 Å². The number of rotatable bonds is 2. The van der Waals surface area contributed by atoms with Crippen LogP contribution in [0.15, 0.2) is 18.2 Å². The zero-order valence-corrected chi connectivity index (χ0v) is 11.4. The molecule has 0 amide bonds. The first-order valence-electron chi connectivity index (χ1n) is 7.17. The monoisotopic (exact) mass is 291 g/mol. The molecule has 1 unspecified atom stereocenters. The Morgan fingerprint density at radius 1 is 1.33 bits per heavy atom. The van der Waals surface area contributed by atoms with Gasteiger partial charge in [0.25, 0.3) is 0 Å². The second kappa shape index (κ2) is 4.80. The maximum Gasteiger partial charge on any atom is 0.151 e. The molecule has 6 heteroatoms. The molecular weight excluding hydrogens is 276 g/mol. The highest BCUT2D eigenvalue weighted by Crippen LogP contribution is 2.37. The molecule has 0 bridgehead atoms. The van der Waals surface area contributed by atoms with Crippen molar-refractivity contribution in [2.45, 2.75) is 25.4 Å². The van der Waals surface area contributed by atoms with Gasteiger partial charge in [-0.05, 0) is 31.4 Å². The van der Waals surface area contributed by atoms with Crippen LogP contribution in [-0.2, 0) is 11.2 Å². The molecule has 2 aliphatic rings. The van der Waals surface area contributed by atoms with Gasteiger partial charge in [-0.2, -0.15) is 5.10 Å². The van der Waals surface area contributed by atoms with Crippen LogP contribution in [0.25, 0.3) is 5.69 Å². The molecule has 1 N–H and O–H groups in total. The fraction of sp³-hybridized carbons (Fsp3) is 0.400. The second-order valence-electron chi connectivity index (χ2n) is 5.40. The van der Waals surface area contributed by atoms with Gasteiger partial charge in [0, 0.05) is 24.8 Å². The van der Waals surface area contributed by atoms with Crippen LogP contribution in [0.5, 0.6) is 0 Å². The maximum absolute atomic E-state index is 14.0. The van der Waals surface area contributed by atoms with Crippen LogP contribution in [0.1, 0.15) is 30.2 Å². The Morgan fingerprint density at radius 3 is 3.00 bits per heavy atom. The van der Waals surface area contributed by atoms with E-state index in [1.54, 1.807) is 0 Å². The minimum absolute atomic E-state index is 0.0107. The van der Waals surface area contributed by atoms with E-state index in [-0.39, 0.29) is 11.8 Å². The van der Waals surface area contributed by atoms with Crippen LogP contribution in [0, 0.1) is 11.6 Å². The molecule has 0 saturated carbocycles. The summed E-state index contributed by atoms with van der Waals surface area (Å²) in [6.45, 7) is 1.54. The van der Waals surface area contributed by atoms with Crippen LogP contribution in [-0.4, -0.2) is 22.9 Å². The molecule has 0 spiro atoms. The highest BCUT2D eigenvalue weighted by atomic mass is 19.1. The molecule has 3 heterocycles. The minimum atomic E-state index is -0.618. The zero-order chi connectivity index (χ0) is 14.4. The van der Waals surface area contributed by atoms with Gasteiger partial charge in [-0.1, -0.05) is 0 Å². The van der Waals surface area contributed by atoms with Crippen LogP contribution >= 0.6 is 0 Å². The molecule has 0 aliphatic carbocycles. The van der Waals surface area contributed by atoms with E-state index in [1.807, 2.05) is 0 Å². The van der Waals surface area contributed by atoms with Gasteiger partial charge in [0.05, 0.1) is 5.69 Å². The van der Waals surface area contributed by atoms with Crippen LogP contribution in [0.3, 0.4) is 0 Å². The predicted molar refractivity (Wildman–Crippen MR) is 73.6 cm³/mol. The molecule has 110 valence electrons. The van der Waals surface area contributed by atoms with Gasteiger partial charge in [0.15, 0.2) is 5.82 Å². The number of anilines is 1. The average molecular weight is 291 g/mol.